The van der Waals surface area contributed by atoms with E-state index in [4.69, 9.17) is 0 Å². The van der Waals surface area contributed by atoms with Crippen molar-refractivity contribution in [2.24, 2.45) is 11.8 Å². The number of Topliss-reactive ketones (excluding diaryl/α,β-unsaturated/α-hetero) is 1. The minimum absolute atomic E-state index is 0.0402. The fourth-order valence-electron chi connectivity index (χ4n) is 5.39. The molecule has 0 bridgehead atoms. The van der Waals surface area contributed by atoms with Crippen LogP contribution < -0.4 is 4.90 Å². The van der Waals surface area contributed by atoms with Crippen LogP contribution in [0.2, 0.25) is 0 Å². The number of ketones is 1. The molecule has 1 aromatic carbocycles. The SMILES string of the molecule is CC(C(=O)C[C@@H]1C[C@H](C)CN(c2ccc(C(F)F)c3ncccc23)C1)N1CCC(O)CC1. The second-order valence-corrected chi connectivity index (χ2v) is 9.60. The van der Waals surface area contributed by atoms with Crippen LogP contribution in [0, 0.1) is 11.8 Å². The van der Waals surface area contributed by atoms with E-state index in [1.807, 2.05) is 13.0 Å². The Morgan fingerprint density at radius 1 is 1.22 bits per heavy atom. The highest BCUT2D eigenvalue weighted by Gasteiger charge is 2.31. The molecule has 0 spiro atoms. The lowest BCUT2D eigenvalue weighted by Crippen LogP contribution is -2.46. The van der Waals surface area contributed by atoms with E-state index >= 15 is 0 Å². The Kier molecular flexibility index (Phi) is 7.05. The number of fused-ring (bicyclic) bond motifs is 1. The van der Waals surface area contributed by atoms with E-state index in [9.17, 15) is 18.7 Å². The van der Waals surface area contributed by atoms with E-state index in [0.29, 0.717) is 17.9 Å². The Labute approximate surface area is 188 Å². The summed E-state index contributed by atoms with van der Waals surface area (Å²) in [5, 5.41) is 10.5. The molecule has 3 atom stereocenters. The van der Waals surface area contributed by atoms with Crippen LogP contribution in [0.4, 0.5) is 14.5 Å². The molecule has 0 radical (unpaired) electrons. The number of aliphatic hydroxyl groups excluding tert-OH is 1. The number of rotatable bonds is 6. The molecule has 5 nitrogen and oxygen atoms in total. The van der Waals surface area contributed by atoms with Crippen LogP contribution in [-0.4, -0.2) is 59.1 Å². The molecule has 32 heavy (non-hydrogen) atoms. The number of carbonyl (C=O) groups is 1. The fraction of sp³-hybridized carbons (Fsp3) is 0.600. The van der Waals surface area contributed by atoms with Crippen molar-refractivity contribution in [2.45, 2.75) is 58.1 Å². The van der Waals surface area contributed by atoms with Crippen LogP contribution in [0.1, 0.15) is 51.5 Å². The summed E-state index contributed by atoms with van der Waals surface area (Å²) < 4.78 is 27.0. The second-order valence-electron chi connectivity index (χ2n) is 9.60. The lowest BCUT2D eigenvalue weighted by Gasteiger charge is -2.39. The van der Waals surface area contributed by atoms with Crippen molar-refractivity contribution in [3.63, 3.8) is 0 Å². The molecule has 2 aromatic rings. The Balaban J connectivity index is 1.49. The predicted molar refractivity (Wildman–Crippen MR) is 122 cm³/mol. The third-order valence-corrected chi connectivity index (χ3v) is 7.10. The maximum Gasteiger partial charge on any atom is 0.265 e. The molecule has 4 rings (SSSR count). The Bertz CT molecular complexity index is 946. The normalized spacial score (nSPS) is 24.2. The zero-order chi connectivity index (χ0) is 22.8. The summed E-state index contributed by atoms with van der Waals surface area (Å²) in [6.07, 6.45) is 1.69. The van der Waals surface area contributed by atoms with Crippen molar-refractivity contribution in [1.82, 2.24) is 9.88 Å². The first kappa shape index (κ1) is 23.1. The lowest BCUT2D eigenvalue weighted by molar-refractivity contribution is -0.125. The molecular weight excluding hydrogens is 412 g/mol. The van der Waals surface area contributed by atoms with Gasteiger partial charge in [0.2, 0.25) is 0 Å². The third-order valence-electron chi connectivity index (χ3n) is 7.10. The van der Waals surface area contributed by atoms with Gasteiger partial charge in [-0.1, -0.05) is 6.92 Å². The van der Waals surface area contributed by atoms with Crippen molar-refractivity contribution < 1.29 is 18.7 Å². The summed E-state index contributed by atoms with van der Waals surface area (Å²) in [5.41, 5.74) is 1.23. The number of hydrogen-bond donors (Lipinski definition) is 1. The quantitative estimate of drug-likeness (QED) is 0.713. The number of aliphatic hydroxyl groups is 1. The highest BCUT2D eigenvalue weighted by Crippen LogP contribution is 2.36. The number of pyridine rings is 1. The molecule has 0 saturated carbocycles. The number of carbonyl (C=O) groups excluding carboxylic acids is 1. The van der Waals surface area contributed by atoms with Crippen LogP contribution >= 0.6 is 0 Å². The van der Waals surface area contributed by atoms with Crippen molar-refractivity contribution >= 4 is 22.4 Å². The first-order valence-electron chi connectivity index (χ1n) is 11.7. The molecule has 7 heteroatoms. The van der Waals surface area contributed by atoms with Gasteiger partial charge in [-0.15, -0.1) is 0 Å². The van der Waals surface area contributed by atoms with Crippen LogP contribution in [-0.2, 0) is 4.79 Å². The molecule has 3 heterocycles. The summed E-state index contributed by atoms with van der Waals surface area (Å²) in [7, 11) is 0. The van der Waals surface area contributed by atoms with Crippen LogP contribution in [0.3, 0.4) is 0 Å². The van der Waals surface area contributed by atoms with Crippen LogP contribution in [0.15, 0.2) is 30.5 Å². The van der Waals surface area contributed by atoms with Crippen molar-refractivity contribution in [1.29, 1.82) is 0 Å². The largest absolute Gasteiger partial charge is 0.393 e. The zero-order valence-corrected chi connectivity index (χ0v) is 18.9. The molecule has 0 amide bonds. The van der Waals surface area contributed by atoms with Gasteiger partial charge in [0.05, 0.1) is 17.7 Å². The highest BCUT2D eigenvalue weighted by atomic mass is 19.3. The summed E-state index contributed by atoms with van der Waals surface area (Å²) in [6, 6.07) is 6.78. The molecule has 2 saturated heterocycles. The van der Waals surface area contributed by atoms with E-state index in [1.54, 1.807) is 18.3 Å². The number of nitrogens with zero attached hydrogens (tertiary/aromatic N) is 3. The molecule has 2 fully saturated rings. The second kappa shape index (κ2) is 9.79. The Morgan fingerprint density at radius 2 is 1.97 bits per heavy atom. The highest BCUT2D eigenvalue weighted by molar-refractivity contribution is 5.94. The number of alkyl halides is 2. The van der Waals surface area contributed by atoms with Gasteiger partial charge in [0.15, 0.2) is 0 Å². The smallest absolute Gasteiger partial charge is 0.265 e. The predicted octanol–water partition coefficient (Wildman–Crippen LogP) is 4.44. The number of benzene rings is 1. The van der Waals surface area contributed by atoms with Crippen LogP contribution in [0.25, 0.3) is 10.9 Å². The standard InChI is InChI=1S/C25H33F2N3O2/c1-16-12-18(13-23(32)17(2)29-10-7-19(31)8-11-29)15-30(14-16)22-6-5-21(25(26)27)24-20(22)4-3-9-28-24/h3-6,9,16-19,25,31H,7-8,10-15H2,1-2H3/t16-,17?,18-/m0/s1. The van der Waals surface area contributed by atoms with E-state index < -0.39 is 6.43 Å². The Morgan fingerprint density at radius 3 is 2.69 bits per heavy atom. The topological polar surface area (TPSA) is 56.7 Å². The van der Waals surface area contributed by atoms with E-state index in [0.717, 1.165) is 56.5 Å². The summed E-state index contributed by atoms with van der Waals surface area (Å²) in [5.74, 6) is 0.883. The van der Waals surface area contributed by atoms with Gasteiger partial charge in [0.25, 0.3) is 6.43 Å². The summed E-state index contributed by atoms with van der Waals surface area (Å²) in [6.45, 7) is 7.26. The molecule has 1 aromatic heterocycles. The molecular formula is C25H33F2N3O2. The molecule has 2 aliphatic rings. The van der Waals surface area contributed by atoms with Crippen LogP contribution in [0.5, 0.6) is 0 Å². The lowest BCUT2D eigenvalue weighted by atomic mass is 9.85. The number of hydrogen-bond acceptors (Lipinski definition) is 5. The van der Waals surface area contributed by atoms with Gasteiger partial charge < -0.3 is 10.0 Å². The monoisotopic (exact) mass is 445 g/mol. The van der Waals surface area contributed by atoms with Crippen molar-refractivity contribution in [3.05, 3.63) is 36.0 Å². The number of piperidine rings is 2. The average molecular weight is 446 g/mol. The van der Waals surface area contributed by atoms with Gasteiger partial charge in [-0.3, -0.25) is 14.7 Å². The third kappa shape index (κ3) is 4.94. The number of anilines is 1. The number of halogens is 2. The average Bonchev–Trinajstić information content (AvgIpc) is 2.77. The molecule has 174 valence electrons. The van der Waals surface area contributed by atoms with Gasteiger partial charge >= 0.3 is 0 Å². The van der Waals surface area contributed by atoms with Gasteiger partial charge in [-0.2, -0.15) is 0 Å². The van der Waals surface area contributed by atoms with Gasteiger partial charge in [-0.05, 0) is 62.3 Å². The molecule has 1 unspecified atom stereocenters. The van der Waals surface area contributed by atoms with Gasteiger partial charge in [-0.25, -0.2) is 8.78 Å². The van der Waals surface area contributed by atoms with Crippen molar-refractivity contribution in [2.75, 3.05) is 31.1 Å². The van der Waals surface area contributed by atoms with Gasteiger partial charge in [0.1, 0.15) is 5.78 Å². The minimum atomic E-state index is -2.57. The fourth-order valence-corrected chi connectivity index (χ4v) is 5.39. The number of likely N-dealkylation sites (tertiary alicyclic amines) is 1. The summed E-state index contributed by atoms with van der Waals surface area (Å²) in [4.78, 5) is 21.7. The van der Waals surface area contributed by atoms with E-state index in [2.05, 4.69) is 21.7 Å². The molecule has 0 aliphatic carbocycles. The van der Waals surface area contributed by atoms with E-state index in [-0.39, 0.29) is 29.4 Å². The first-order valence-corrected chi connectivity index (χ1v) is 11.7. The van der Waals surface area contributed by atoms with Gasteiger partial charge in [0, 0.05) is 55.4 Å². The molecule has 1 N–H and O–H groups in total. The van der Waals surface area contributed by atoms with E-state index in [1.165, 1.54) is 6.07 Å². The maximum absolute atomic E-state index is 13.5. The Hall–Kier alpha value is -2.12. The van der Waals surface area contributed by atoms with Crippen molar-refractivity contribution in [3.8, 4) is 0 Å². The minimum Gasteiger partial charge on any atom is -0.393 e. The number of aromatic nitrogens is 1. The summed E-state index contributed by atoms with van der Waals surface area (Å²) >= 11 is 0. The maximum atomic E-state index is 13.5. The molecule has 2 aliphatic heterocycles. The zero-order valence-electron chi connectivity index (χ0n) is 18.9. The first-order chi connectivity index (χ1) is 15.3.